The Balaban J connectivity index is 1.38. The number of carbonyl (C=O) groups excluding carboxylic acids is 2. The Morgan fingerprint density at radius 1 is 1.17 bits per heavy atom. The Hall–Kier alpha value is -2.90. The first kappa shape index (κ1) is 20.4. The fourth-order valence-corrected chi connectivity index (χ4v) is 4.10. The number of halogens is 3. The lowest BCUT2D eigenvalue weighted by Crippen LogP contribution is -2.38. The summed E-state index contributed by atoms with van der Waals surface area (Å²) >= 11 is 0. The summed E-state index contributed by atoms with van der Waals surface area (Å²) in [5.74, 6) is -4.07. The highest BCUT2D eigenvalue weighted by Gasteiger charge is 2.39. The molecule has 2 amide bonds. The topological polar surface area (TPSA) is 62.3 Å². The molecule has 5 nitrogen and oxygen atoms in total. The van der Waals surface area contributed by atoms with Gasteiger partial charge in [0.05, 0.1) is 5.56 Å². The number of nitrogens with one attached hydrogen (secondary N) is 1. The zero-order chi connectivity index (χ0) is 21.3. The van der Waals surface area contributed by atoms with Crippen LogP contribution in [0.5, 0.6) is 0 Å². The molecule has 8 heteroatoms. The Morgan fingerprint density at radius 3 is 2.63 bits per heavy atom. The third-order valence-electron chi connectivity index (χ3n) is 5.81. The summed E-state index contributed by atoms with van der Waals surface area (Å²) in [6.45, 7) is 0.827. The quantitative estimate of drug-likeness (QED) is 0.769. The summed E-state index contributed by atoms with van der Waals surface area (Å²) in [6.07, 6.45) is 1.85. The Morgan fingerprint density at radius 2 is 1.93 bits per heavy atom. The predicted octanol–water partition coefficient (Wildman–Crippen LogP) is 3.87. The van der Waals surface area contributed by atoms with Crippen LogP contribution >= 0.6 is 0 Å². The minimum atomic E-state index is -2.65. The van der Waals surface area contributed by atoms with Gasteiger partial charge in [0.25, 0.3) is 5.91 Å². The fraction of sp³-hybridized carbons (Fsp3) is 0.409. The highest BCUT2D eigenvalue weighted by atomic mass is 19.3. The van der Waals surface area contributed by atoms with Gasteiger partial charge >= 0.3 is 0 Å². The van der Waals surface area contributed by atoms with Gasteiger partial charge in [-0.05, 0) is 48.6 Å². The van der Waals surface area contributed by atoms with Crippen molar-refractivity contribution in [2.45, 2.75) is 44.6 Å². The largest absolute Gasteiger partial charge is 0.348 e. The lowest BCUT2D eigenvalue weighted by Gasteiger charge is -2.30. The zero-order valence-corrected chi connectivity index (χ0v) is 16.3. The number of rotatable bonds is 4. The lowest BCUT2D eigenvalue weighted by atomic mass is 9.86. The number of fused-ring (bicyclic) bond motifs is 1. The maximum atomic E-state index is 13.4. The third-order valence-corrected chi connectivity index (χ3v) is 5.81. The van der Waals surface area contributed by atoms with Crippen molar-refractivity contribution in [1.82, 2.24) is 10.3 Å². The van der Waals surface area contributed by atoms with Crippen LogP contribution in [0.1, 0.15) is 47.2 Å². The highest BCUT2D eigenvalue weighted by Crippen LogP contribution is 2.38. The molecule has 0 bridgehead atoms. The molecule has 0 saturated heterocycles. The van der Waals surface area contributed by atoms with Crippen LogP contribution in [-0.2, 0) is 17.8 Å². The SMILES string of the molecule is O=C(NCc1ccc2c(c1)CCN2C(=O)C1CCC(F)(F)CC1)c1ccc(F)nc1. The second-order valence-electron chi connectivity index (χ2n) is 7.89. The molecule has 1 fully saturated rings. The van der Waals surface area contributed by atoms with Gasteiger partial charge in [-0.2, -0.15) is 4.39 Å². The minimum Gasteiger partial charge on any atom is -0.348 e. The average Bonchev–Trinajstić information content (AvgIpc) is 3.15. The molecule has 4 rings (SSSR count). The molecule has 1 aliphatic heterocycles. The average molecular weight is 417 g/mol. The molecule has 1 saturated carbocycles. The maximum Gasteiger partial charge on any atom is 0.253 e. The maximum absolute atomic E-state index is 13.4. The van der Waals surface area contributed by atoms with Crippen LogP contribution in [0.4, 0.5) is 18.9 Å². The lowest BCUT2D eigenvalue weighted by molar-refractivity contribution is -0.126. The molecule has 0 unspecified atom stereocenters. The van der Waals surface area contributed by atoms with E-state index in [1.54, 1.807) is 4.90 Å². The van der Waals surface area contributed by atoms with Crippen molar-refractivity contribution in [2.75, 3.05) is 11.4 Å². The standard InChI is InChI=1S/C22H22F3N3O2/c23-19-4-2-17(13-26-19)20(29)27-12-14-1-3-18-16(11-14)7-10-28(18)21(30)15-5-8-22(24,25)9-6-15/h1-4,11,13,15H,5-10,12H2,(H,27,29). The van der Waals surface area contributed by atoms with Crippen LogP contribution < -0.4 is 10.2 Å². The Labute approximate surface area is 172 Å². The molecule has 1 N–H and O–H groups in total. The molecule has 1 aliphatic carbocycles. The molecule has 0 atom stereocenters. The number of nitrogens with zero attached hydrogens (tertiary/aromatic N) is 2. The minimum absolute atomic E-state index is 0.0749. The van der Waals surface area contributed by atoms with Crippen LogP contribution in [-0.4, -0.2) is 29.3 Å². The molecule has 0 spiro atoms. The van der Waals surface area contributed by atoms with E-state index in [1.165, 1.54) is 12.3 Å². The van der Waals surface area contributed by atoms with Gasteiger partial charge in [-0.25, -0.2) is 13.8 Å². The van der Waals surface area contributed by atoms with Gasteiger partial charge in [-0.1, -0.05) is 12.1 Å². The van der Waals surface area contributed by atoms with E-state index in [-0.39, 0.29) is 55.5 Å². The van der Waals surface area contributed by atoms with Crippen LogP contribution in [0, 0.1) is 11.9 Å². The summed E-state index contributed by atoms with van der Waals surface area (Å²) in [6, 6.07) is 8.12. The van der Waals surface area contributed by atoms with E-state index in [0.717, 1.165) is 22.9 Å². The summed E-state index contributed by atoms with van der Waals surface area (Å²) < 4.78 is 39.6. The number of hydrogen-bond acceptors (Lipinski definition) is 3. The van der Waals surface area contributed by atoms with Crippen molar-refractivity contribution in [3.63, 3.8) is 0 Å². The molecule has 158 valence electrons. The van der Waals surface area contributed by atoms with E-state index < -0.39 is 11.9 Å². The van der Waals surface area contributed by atoms with Crippen LogP contribution in [0.15, 0.2) is 36.5 Å². The van der Waals surface area contributed by atoms with Gasteiger partial charge in [0.2, 0.25) is 17.8 Å². The smallest absolute Gasteiger partial charge is 0.253 e. The molecule has 30 heavy (non-hydrogen) atoms. The van der Waals surface area contributed by atoms with Gasteiger partial charge in [0, 0.05) is 43.7 Å². The second-order valence-corrected chi connectivity index (χ2v) is 7.89. The first-order chi connectivity index (χ1) is 14.3. The number of carbonyl (C=O) groups is 2. The van der Waals surface area contributed by atoms with E-state index in [9.17, 15) is 22.8 Å². The molecular weight excluding hydrogens is 395 g/mol. The van der Waals surface area contributed by atoms with Crippen molar-refractivity contribution >= 4 is 17.5 Å². The van der Waals surface area contributed by atoms with Crippen molar-refractivity contribution in [3.8, 4) is 0 Å². The number of benzene rings is 1. The fourth-order valence-electron chi connectivity index (χ4n) is 4.10. The van der Waals surface area contributed by atoms with Crippen LogP contribution in [0.25, 0.3) is 0 Å². The summed E-state index contributed by atoms with van der Waals surface area (Å²) in [5.41, 5.74) is 2.96. The highest BCUT2D eigenvalue weighted by molar-refractivity contribution is 5.97. The van der Waals surface area contributed by atoms with Crippen molar-refractivity contribution in [1.29, 1.82) is 0 Å². The van der Waals surface area contributed by atoms with Crippen LogP contribution in [0.3, 0.4) is 0 Å². The molecular formula is C22H22F3N3O2. The van der Waals surface area contributed by atoms with Gasteiger partial charge < -0.3 is 10.2 Å². The van der Waals surface area contributed by atoms with E-state index >= 15 is 0 Å². The van der Waals surface area contributed by atoms with Crippen molar-refractivity contribution < 1.29 is 22.8 Å². The summed E-state index contributed by atoms with van der Waals surface area (Å²) in [7, 11) is 0. The number of amides is 2. The number of aromatic nitrogens is 1. The van der Waals surface area contributed by atoms with Gasteiger partial charge in [-0.3, -0.25) is 9.59 Å². The van der Waals surface area contributed by atoms with Gasteiger partial charge in [0.15, 0.2) is 0 Å². The third kappa shape index (κ3) is 4.32. The first-order valence-corrected chi connectivity index (χ1v) is 10.0. The molecule has 2 aromatic rings. The molecule has 1 aromatic heterocycles. The van der Waals surface area contributed by atoms with Crippen molar-refractivity contribution in [3.05, 3.63) is 59.2 Å². The monoisotopic (exact) mass is 417 g/mol. The molecule has 1 aromatic carbocycles. The van der Waals surface area contributed by atoms with Gasteiger partial charge in [-0.15, -0.1) is 0 Å². The van der Waals surface area contributed by atoms with E-state index in [4.69, 9.17) is 0 Å². The van der Waals surface area contributed by atoms with Crippen LogP contribution in [0.2, 0.25) is 0 Å². The molecule has 2 aliphatic rings. The first-order valence-electron chi connectivity index (χ1n) is 10.0. The van der Waals surface area contributed by atoms with E-state index in [0.29, 0.717) is 13.0 Å². The number of alkyl halides is 2. The molecule has 0 radical (unpaired) electrons. The molecule has 2 heterocycles. The second kappa shape index (κ2) is 8.08. The number of hydrogen-bond donors (Lipinski definition) is 1. The number of anilines is 1. The van der Waals surface area contributed by atoms with E-state index in [1.807, 2.05) is 18.2 Å². The Kier molecular flexibility index (Phi) is 5.49. The summed E-state index contributed by atoms with van der Waals surface area (Å²) in [4.78, 5) is 30.2. The Bertz CT molecular complexity index is 953. The van der Waals surface area contributed by atoms with Gasteiger partial charge in [0.1, 0.15) is 0 Å². The zero-order valence-electron chi connectivity index (χ0n) is 16.3. The number of pyridine rings is 1. The van der Waals surface area contributed by atoms with E-state index in [2.05, 4.69) is 10.3 Å². The van der Waals surface area contributed by atoms with Crippen molar-refractivity contribution in [2.24, 2.45) is 5.92 Å². The summed E-state index contributed by atoms with van der Waals surface area (Å²) in [5, 5.41) is 2.77. The normalized spacial score (nSPS) is 18.2. The predicted molar refractivity (Wildman–Crippen MR) is 105 cm³/mol.